The maximum Gasteiger partial charge on any atom is 0.414 e. The zero-order valence-electron chi connectivity index (χ0n) is 16.7. The van der Waals surface area contributed by atoms with E-state index in [9.17, 15) is 14.0 Å². The number of carbonyl (C=O) groups is 2. The summed E-state index contributed by atoms with van der Waals surface area (Å²) in [4.78, 5) is 26.7. The molecule has 2 N–H and O–H groups in total. The van der Waals surface area contributed by atoms with Crippen LogP contribution in [0.25, 0.3) is 0 Å². The van der Waals surface area contributed by atoms with Crippen molar-refractivity contribution in [2.45, 2.75) is 26.4 Å². The Hall–Kier alpha value is -2.87. The van der Waals surface area contributed by atoms with Gasteiger partial charge in [0.2, 0.25) is 0 Å². The van der Waals surface area contributed by atoms with Gasteiger partial charge in [0, 0.05) is 19.8 Å². The Balaban J connectivity index is 2.45. The van der Waals surface area contributed by atoms with Crippen LogP contribution < -0.4 is 15.5 Å². The number of hydrogen-bond donors (Lipinski definition) is 1. The molecule has 0 saturated carbocycles. The number of nitrogen functional groups attached to an aromatic ring is 1. The van der Waals surface area contributed by atoms with Crippen LogP contribution in [0.15, 0.2) is 30.3 Å². The molecule has 6 nitrogen and oxygen atoms in total. The van der Waals surface area contributed by atoms with Crippen LogP contribution in [0.1, 0.15) is 31.1 Å². The Labute approximate surface area is 172 Å². The van der Waals surface area contributed by atoms with Crippen molar-refractivity contribution in [3.8, 4) is 0 Å². The SMILES string of the molecule is CN(C(=O)c1cc(N)ccc1Cl)c1ccc(F)c(N(C)C(=O)OC(C)(C)C)c1F. The van der Waals surface area contributed by atoms with Crippen molar-refractivity contribution < 1.29 is 23.1 Å². The maximum absolute atomic E-state index is 15.1. The first kappa shape index (κ1) is 22.4. The van der Waals surface area contributed by atoms with E-state index in [1.54, 1.807) is 20.8 Å². The number of nitrogens with zero attached hydrogens (tertiary/aromatic N) is 2. The fourth-order valence-electron chi connectivity index (χ4n) is 2.52. The van der Waals surface area contributed by atoms with Gasteiger partial charge in [0.1, 0.15) is 17.1 Å². The number of carbonyl (C=O) groups excluding carboxylic acids is 2. The summed E-state index contributed by atoms with van der Waals surface area (Å²) < 4.78 is 34.6. The molecule has 9 heteroatoms. The van der Waals surface area contributed by atoms with Gasteiger partial charge < -0.3 is 15.4 Å². The molecule has 0 aliphatic carbocycles. The van der Waals surface area contributed by atoms with E-state index >= 15 is 4.39 Å². The summed E-state index contributed by atoms with van der Waals surface area (Å²) in [7, 11) is 2.48. The smallest absolute Gasteiger partial charge is 0.414 e. The number of benzene rings is 2. The van der Waals surface area contributed by atoms with Crippen LogP contribution in [-0.2, 0) is 4.74 Å². The predicted molar refractivity (Wildman–Crippen MR) is 110 cm³/mol. The van der Waals surface area contributed by atoms with E-state index in [1.165, 1.54) is 32.3 Å². The molecule has 0 radical (unpaired) electrons. The lowest BCUT2D eigenvalue weighted by Gasteiger charge is -2.26. The zero-order valence-corrected chi connectivity index (χ0v) is 17.5. The minimum absolute atomic E-state index is 0.0555. The number of halogens is 3. The number of nitrogens with two attached hydrogens (primary N) is 1. The number of hydrogen-bond acceptors (Lipinski definition) is 4. The van der Waals surface area contributed by atoms with E-state index < -0.39 is 34.9 Å². The van der Waals surface area contributed by atoms with Crippen LogP contribution in [0.3, 0.4) is 0 Å². The molecule has 156 valence electrons. The van der Waals surface area contributed by atoms with E-state index in [4.69, 9.17) is 22.1 Å². The lowest BCUT2D eigenvalue weighted by molar-refractivity contribution is 0.0587. The fraction of sp³-hybridized carbons (Fsp3) is 0.300. The van der Waals surface area contributed by atoms with Crippen LogP contribution in [0.5, 0.6) is 0 Å². The van der Waals surface area contributed by atoms with Gasteiger partial charge in [-0.15, -0.1) is 0 Å². The second-order valence-corrected chi connectivity index (χ2v) is 7.78. The largest absolute Gasteiger partial charge is 0.443 e. The molecular weight excluding hydrogens is 404 g/mol. The highest BCUT2D eigenvalue weighted by Gasteiger charge is 2.28. The van der Waals surface area contributed by atoms with Crippen molar-refractivity contribution in [1.82, 2.24) is 0 Å². The summed E-state index contributed by atoms with van der Waals surface area (Å²) in [5.41, 5.74) is 4.30. The predicted octanol–water partition coefficient (Wildman–Crippen LogP) is 4.85. The second kappa shape index (κ2) is 8.24. The minimum Gasteiger partial charge on any atom is -0.443 e. The Kier molecular flexibility index (Phi) is 6.37. The van der Waals surface area contributed by atoms with Crippen molar-refractivity contribution in [2.75, 3.05) is 29.6 Å². The van der Waals surface area contributed by atoms with Crippen molar-refractivity contribution in [3.63, 3.8) is 0 Å². The summed E-state index contributed by atoms with van der Waals surface area (Å²) in [6.07, 6.45) is -0.944. The third-order valence-corrected chi connectivity index (χ3v) is 4.27. The Morgan fingerprint density at radius 1 is 1.07 bits per heavy atom. The van der Waals surface area contributed by atoms with E-state index in [0.717, 1.165) is 17.0 Å². The number of rotatable bonds is 3. The average Bonchev–Trinajstić information content (AvgIpc) is 2.61. The molecule has 0 aliphatic rings. The van der Waals surface area contributed by atoms with Crippen LogP contribution in [0.4, 0.5) is 30.6 Å². The Morgan fingerprint density at radius 3 is 2.28 bits per heavy atom. The van der Waals surface area contributed by atoms with Gasteiger partial charge in [0.25, 0.3) is 5.91 Å². The molecular formula is C20H22ClF2N3O3. The first-order valence-electron chi connectivity index (χ1n) is 8.61. The van der Waals surface area contributed by atoms with Gasteiger partial charge >= 0.3 is 6.09 Å². The van der Waals surface area contributed by atoms with Gasteiger partial charge in [0.05, 0.1) is 16.3 Å². The average molecular weight is 426 g/mol. The molecule has 0 bridgehead atoms. The van der Waals surface area contributed by atoms with E-state index in [-0.39, 0.29) is 16.3 Å². The minimum atomic E-state index is -1.10. The van der Waals surface area contributed by atoms with Gasteiger partial charge in [0.15, 0.2) is 5.82 Å². The monoisotopic (exact) mass is 425 g/mol. The molecule has 0 saturated heterocycles. The summed E-state index contributed by atoms with van der Waals surface area (Å²) in [5, 5.41) is 0.129. The molecule has 2 rings (SSSR count). The molecule has 2 aromatic rings. The summed E-state index contributed by atoms with van der Waals surface area (Å²) in [5.74, 6) is -2.74. The number of anilines is 3. The molecule has 0 aliphatic heterocycles. The third-order valence-electron chi connectivity index (χ3n) is 3.94. The normalized spacial score (nSPS) is 11.2. The second-order valence-electron chi connectivity index (χ2n) is 7.37. The highest BCUT2D eigenvalue weighted by atomic mass is 35.5. The van der Waals surface area contributed by atoms with Crippen LogP contribution >= 0.6 is 11.6 Å². The molecule has 0 aromatic heterocycles. The van der Waals surface area contributed by atoms with E-state index in [1.807, 2.05) is 0 Å². The standard InChI is InChI=1S/C20H22ClF2N3O3/c1-20(2,3)29-19(28)26(5)17-14(22)8-9-15(16(17)23)25(4)18(27)12-10-11(24)6-7-13(12)21/h6-10H,24H2,1-5H3. The lowest BCUT2D eigenvalue weighted by atomic mass is 10.1. The fourth-order valence-corrected chi connectivity index (χ4v) is 2.71. The number of ether oxygens (including phenoxy) is 1. The molecule has 2 aromatic carbocycles. The molecule has 0 unspecified atom stereocenters. The van der Waals surface area contributed by atoms with Gasteiger partial charge in [-0.3, -0.25) is 9.69 Å². The Bertz CT molecular complexity index is 961. The summed E-state index contributed by atoms with van der Waals surface area (Å²) in [6.45, 7) is 4.89. The summed E-state index contributed by atoms with van der Waals surface area (Å²) >= 11 is 6.05. The first-order chi connectivity index (χ1) is 13.3. The van der Waals surface area contributed by atoms with Crippen LogP contribution in [0, 0.1) is 11.6 Å². The third kappa shape index (κ3) is 4.95. The van der Waals surface area contributed by atoms with E-state index in [2.05, 4.69) is 0 Å². The topological polar surface area (TPSA) is 75.9 Å². The quantitative estimate of drug-likeness (QED) is 0.713. The molecule has 0 atom stereocenters. The van der Waals surface area contributed by atoms with Gasteiger partial charge in [-0.1, -0.05) is 11.6 Å². The molecule has 0 heterocycles. The zero-order chi connectivity index (χ0) is 22.1. The Morgan fingerprint density at radius 2 is 1.69 bits per heavy atom. The van der Waals surface area contributed by atoms with Gasteiger partial charge in [-0.05, 0) is 51.1 Å². The van der Waals surface area contributed by atoms with Crippen molar-refractivity contribution >= 4 is 40.7 Å². The highest BCUT2D eigenvalue weighted by molar-refractivity contribution is 6.34. The van der Waals surface area contributed by atoms with Crippen LogP contribution in [-0.4, -0.2) is 31.7 Å². The van der Waals surface area contributed by atoms with Crippen molar-refractivity contribution in [1.29, 1.82) is 0 Å². The number of amides is 2. The van der Waals surface area contributed by atoms with Gasteiger partial charge in [-0.2, -0.15) is 0 Å². The van der Waals surface area contributed by atoms with Crippen molar-refractivity contribution in [3.05, 3.63) is 52.6 Å². The van der Waals surface area contributed by atoms with E-state index in [0.29, 0.717) is 10.6 Å². The van der Waals surface area contributed by atoms with Crippen LogP contribution in [0.2, 0.25) is 5.02 Å². The van der Waals surface area contributed by atoms with Gasteiger partial charge in [-0.25, -0.2) is 13.6 Å². The molecule has 0 spiro atoms. The van der Waals surface area contributed by atoms with Crippen molar-refractivity contribution in [2.24, 2.45) is 0 Å². The molecule has 0 fully saturated rings. The molecule has 29 heavy (non-hydrogen) atoms. The maximum atomic E-state index is 15.1. The lowest BCUT2D eigenvalue weighted by Crippen LogP contribution is -2.35. The highest BCUT2D eigenvalue weighted by Crippen LogP contribution is 2.32. The first-order valence-corrected chi connectivity index (χ1v) is 8.99. The molecule has 2 amide bonds. The summed E-state index contributed by atoms with van der Waals surface area (Å²) in [6, 6.07) is 6.37.